The minimum absolute atomic E-state index is 0.185. The highest BCUT2D eigenvalue weighted by atomic mass is 15.2. The number of hydrogen-bond acceptors (Lipinski definition) is 4. The maximum Gasteiger partial charge on any atom is 0.146 e. The molecule has 0 saturated carbocycles. The van der Waals surface area contributed by atoms with Gasteiger partial charge < -0.3 is 10.6 Å². The Kier molecular flexibility index (Phi) is 3.16. The second-order valence-corrected chi connectivity index (χ2v) is 5.83. The summed E-state index contributed by atoms with van der Waals surface area (Å²) < 4.78 is 0. The fourth-order valence-corrected chi connectivity index (χ4v) is 3.11. The number of aromatic nitrogens is 1. The number of nitrogens with two attached hydrogens (primary N) is 1. The van der Waals surface area contributed by atoms with E-state index in [1.54, 1.807) is 0 Å². The van der Waals surface area contributed by atoms with Gasteiger partial charge in [0.05, 0.1) is 5.56 Å². The Hall–Kier alpha value is -1.60. The zero-order valence-corrected chi connectivity index (χ0v) is 11.4. The molecule has 0 aromatic carbocycles. The average molecular weight is 256 g/mol. The zero-order chi connectivity index (χ0) is 13.4. The SMILES string of the molecule is CC1CN(c2nc3c(cc2C#N)CCCC3)CC1N. The third kappa shape index (κ3) is 2.19. The average Bonchev–Trinajstić information content (AvgIpc) is 2.77. The molecule has 2 unspecified atom stereocenters. The molecule has 0 spiro atoms. The normalized spacial score (nSPS) is 26.1. The van der Waals surface area contributed by atoms with E-state index in [0.717, 1.165) is 31.7 Å². The number of nitrogens with zero attached hydrogens (tertiary/aromatic N) is 3. The van der Waals surface area contributed by atoms with Gasteiger partial charge in [-0.3, -0.25) is 0 Å². The van der Waals surface area contributed by atoms with E-state index in [-0.39, 0.29) is 6.04 Å². The van der Waals surface area contributed by atoms with Crippen molar-refractivity contribution < 1.29 is 0 Å². The third-order valence-corrected chi connectivity index (χ3v) is 4.37. The number of rotatable bonds is 1. The maximum atomic E-state index is 9.36. The van der Waals surface area contributed by atoms with Gasteiger partial charge in [-0.1, -0.05) is 6.92 Å². The van der Waals surface area contributed by atoms with Crippen LogP contribution in [0.5, 0.6) is 0 Å². The van der Waals surface area contributed by atoms with Gasteiger partial charge >= 0.3 is 0 Å². The molecule has 1 saturated heterocycles. The van der Waals surface area contributed by atoms with Crippen LogP contribution in [0.25, 0.3) is 0 Å². The van der Waals surface area contributed by atoms with E-state index in [4.69, 9.17) is 10.7 Å². The van der Waals surface area contributed by atoms with Crippen LogP contribution < -0.4 is 10.6 Å². The van der Waals surface area contributed by atoms with Crippen molar-refractivity contribution in [2.75, 3.05) is 18.0 Å². The molecule has 4 nitrogen and oxygen atoms in total. The predicted octanol–water partition coefficient (Wildman–Crippen LogP) is 1.62. The molecule has 4 heteroatoms. The van der Waals surface area contributed by atoms with Crippen molar-refractivity contribution in [2.24, 2.45) is 11.7 Å². The van der Waals surface area contributed by atoms with Gasteiger partial charge in [0.2, 0.25) is 0 Å². The monoisotopic (exact) mass is 256 g/mol. The highest BCUT2D eigenvalue weighted by Crippen LogP contribution is 2.29. The largest absolute Gasteiger partial charge is 0.354 e. The molecule has 1 aromatic heterocycles. The van der Waals surface area contributed by atoms with E-state index < -0.39 is 0 Å². The van der Waals surface area contributed by atoms with Gasteiger partial charge in [-0.05, 0) is 43.2 Å². The molecule has 2 atom stereocenters. The second-order valence-electron chi connectivity index (χ2n) is 5.83. The standard InChI is InChI=1S/C15H20N4/c1-10-8-19(9-13(10)17)15-12(7-16)6-11-4-2-3-5-14(11)18-15/h6,10,13H,2-5,8-9,17H2,1H3. The minimum atomic E-state index is 0.185. The summed E-state index contributed by atoms with van der Waals surface area (Å²) in [5.74, 6) is 1.31. The van der Waals surface area contributed by atoms with Crippen molar-refractivity contribution in [1.29, 1.82) is 5.26 Å². The smallest absolute Gasteiger partial charge is 0.146 e. The number of hydrogen-bond donors (Lipinski definition) is 1. The first-order valence-electron chi connectivity index (χ1n) is 7.12. The summed E-state index contributed by atoms with van der Waals surface area (Å²) >= 11 is 0. The van der Waals surface area contributed by atoms with Crippen LogP contribution in [0.1, 0.15) is 36.6 Å². The van der Waals surface area contributed by atoms with Crippen LogP contribution in [-0.4, -0.2) is 24.1 Å². The third-order valence-electron chi connectivity index (χ3n) is 4.37. The van der Waals surface area contributed by atoms with Crippen LogP contribution >= 0.6 is 0 Å². The lowest BCUT2D eigenvalue weighted by Gasteiger charge is -2.22. The highest BCUT2D eigenvalue weighted by molar-refractivity contribution is 5.57. The summed E-state index contributed by atoms with van der Waals surface area (Å²) in [6.07, 6.45) is 4.53. The van der Waals surface area contributed by atoms with Gasteiger partial charge in [0.25, 0.3) is 0 Å². The molecule has 2 N–H and O–H groups in total. The summed E-state index contributed by atoms with van der Waals surface area (Å²) in [7, 11) is 0. The summed E-state index contributed by atoms with van der Waals surface area (Å²) in [5.41, 5.74) is 9.25. The molecule has 1 fully saturated rings. The van der Waals surface area contributed by atoms with Crippen molar-refractivity contribution in [3.63, 3.8) is 0 Å². The number of fused-ring (bicyclic) bond motifs is 1. The lowest BCUT2D eigenvalue weighted by molar-refractivity contribution is 0.566. The van der Waals surface area contributed by atoms with E-state index in [0.29, 0.717) is 11.5 Å². The van der Waals surface area contributed by atoms with Crippen LogP contribution in [0.3, 0.4) is 0 Å². The predicted molar refractivity (Wildman–Crippen MR) is 74.9 cm³/mol. The lowest BCUT2D eigenvalue weighted by atomic mass is 9.95. The van der Waals surface area contributed by atoms with Crippen LogP contribution in [0.2, 0.25) is 0 Å². The summed E-state index contributed by atoms with van der Waals surface area (Å²) in [5, 5.41) is 9.36. The molecule has 100 valence electrons. The molecule has 1 aliphatic carbocycles. The Morgan fingerprint density at radius 1 is 1.37 bits per heavy atom. The molecule has 0 radical (unpaired) electrons. The molecule has 0 amide bonds. The summed E-state index contributed by atoms with van der Waals surface area (Å²) in [6.45, 7) is 3.87. The van der Waals surface area contributed by atoms with Crippen LogP contribution in [0, 0.1) is 17.2 Å². The van der Waals surface area contributed by atoms with Crippen molar-refractivity contribution in [3.05, 3.63) is 22.9 Å². The first-order chi connectivity index (χ1) is 9.19. The molecule has 19 heavy (non-hydrogen) atoms. The lowest BCUT2D eigenvalue weighted by Crippen LogP contribution is -2.29. The fraction of sp³-hybridized carbons (Fsp3) is 0.600. The molecule has 1 aromatic rings. The molecule has 2 aliphatic rings. The Morgan fingerprint density at radius 3 is 2.84 bits per heavy atom. The Balaban J connectivity index is 1.99. The van der Waals surface area contributed by atoms with Gasteiger partial charge in [-0.15, -0.1) is 0 Å². The van der Waals surface area contributed by atoms with E-state index in [9.17, 15) is 5.26 Å². The molecule has 1 aliphatic heterocycles. The summed E-state index contributed by atoms with van der Waals surface area (Å²) in [4.78, 5) is 6.97. The molecule has 0 bridgehead atoms. The van der Waals surface area contributed by atoms with Gasteiger partial charge in [-0.2, -0.15) is 5.26 Å². The van der Waals surface area contributed by atoms with Gasteiger partial charge in [-0.25, -0.2) is 4.98 Å². The molecule has 3 rings (SSSR count). The topological polar surface area (TPSA) is 65.9 Å². The Morgan fingerprint density at radius 2 is 2.16 bits per heavy atom. The Labute approximate surface area is 114 Å². The van der Waals surface area contributed by atoms with E-state index >= 15 is 0 Å². The summed E-state index contributed by atoms with van der Waals surface area (Å²) in [6, 6.07) is 4.54. The van der Waals surface area contributed by atoms with Crippen LogP contribution in [0.15, 0.2) is 6.07 Å². The van der Waals surface area contributed by atoms with Gasteiger partial charge in [0.15, 0.2) is 0 Å². The second kappa shape index (κ2) is 4.82. The Bertz CT molecular complexity index is 522. The maximum absolute atomic E-state index is 9.36. The van der Waals surface area contributed by atoms with E-state index in [1.165, 1.54) is 24.1 Å². The first kappa shape index (κ1) is 12.4. The van der Waals surface area contributed by atoms with Gasteiger partial charge in [0.1, 0.15) is 11.9 Å². The quantitative estimate of drug-likeness (QED) is 0.829. The fourth-order valence-electron chi connectivity index (χ4n) is 3.11. The van der Waals surface area contributed by atoms with Crippen molar-refractivity contribution in [2.45, 2.75) is 38.6 Å². The van der Waals surface area contributed by atoms with Crippen molar-refractivity contribution >= 4 is 5.82 Å². The number of nitriles is 1. The van der Waals surface area contributed by atoms with E-state index in [2.05, 4.69) is 17.9 Å². The zero-order valence-electron chi connectivity index (χ0n) is 11.4. The van der Waals surface area contributed by atoms with Crippen molar-refractivity contribution in [3.8, 4) is 6.07 Å². The van der Waals surface area contributed by atoms with Crippen LogP contribution in [-0.2, 0) is 12.8 Å². The minimum Gasteiger partial charge on any atom is -0.354 e. The van der Waals surface area contributed by atoms with Gasteiger partial charge in [0, 0.05) is 24.8 Å². The first-order valence-corrected chi connectivity index (χ1v) is 7.12. The van der Waals surface area contributed by atoms with Crippen LogP contribution in [0.4, 0.5) is 5.82 Å². The molecular weight excluding hydrogens is 236 g/mol. The molecular formula is C15H20N4. The number of pyridine rings is 1. The number of anilines is 1. The highest BCUT2D eigenvalue weighted by Gasteiger charge is 2.29. The molecule has 2 heterocycles. The van der Waals surface area contributed by atoms with E-state index in [1.807, 2.05) is 6.07 Å². The van der Waals surface area contributed by atoms with Crippen molar-refractivity contribution in [1.82, 2.24) is 4.98 Å². The number of aryl methyl sites for hydroxylation is 2.